The Hall–Kier alpha value is -1.48. The SMILES string of the molecule is O=c1c(F)c(O)ccn1[C@@H]1O[C@H](CO)[C@@H](O)[C@H]1O. The lowest BCUT2D eigenvalue weighted by molar-refractivity contribution is -0.0549. The van der Waals surface area contributed by atoms with Crippen LogP contribution in [0.25, 0.3) is 0 Å². The first kappa shape index (κ1) is 13.0. The third-order valence-corrected chi connectivity index (χ3v) is 2.83. The molecule has 1 aliphatic rings. The molecule has 0 radical (unpaired) electrons. The van der Waals surface area contributed by atoms with Gasteiger partial charge >= 0.3 is 0 Å². The van der Waals surface area contributed by atoms with Crippen LogP contribution in [0, 0.1) is 5.82 Å². The lowest BCUT2D eigenvalue weighted by atomic mass is 10.1. The van der Waals surface area contributed by atoms with Gasteiger partial charge in [0.2, 0.25) is 5.82 Å². The van der Waals surface area contributed by atoms with E-state index in [0.29, 0.717) is 4.57 Å². The molecule has 1 saturated heterocycles. The number of aliphatic hydroxyl groups is 3. The first-order valence-electron chi connectivity index (χ1n) is 5.19. The molecule has 8 heteroatoms. The maximum atomic E-state index is 13.2. The monoisotopic (exact) mass is 261 g/mol. The first-order valence-corrected chi connectivity index (χ1v) is 5.19. The van der Waals surface area contributed by atoms with Gasteiger partial charge in [-0.05, 0) is 6.07 Å². The second kappa shape index (κ2) is 4.65. The number of aromatic hydroxyl groups is 1. The number of ether oxygens (including phenoxy) is 1. The van der Waals surface area contributed by atoms with Gasteiger partial charge in [-0.3, -0.25) is 9.36 Å². The van der Waals surface area contributed by atoms with Crippen molar-refractivity contribution in [3.8, 4) is 5.75 Å². The van der Waals surface area contributed by atoms with E-state index in [-0.39, 0.29) is 0 Å². The number of hydrogen-bond acceptors (Lipinski definition) is 6. The zero-order chi connectivity index (χ0) is 13.4. The third kappa shape index (κ3) is 1.89. The van der Waals surface area contributed by atoms with Crippen LogP contribution < -0.4 is 5.56 Å². The fourth-order valence-electron chi connectivity index (χ4n) is 1.82. The van der Waals surface area contributed by atoms with E-state index < -0.39 is 48.3 Å². The summed E-state index contributed by atoms with van der Waals surface area (Å²) >= 11 is 0. The minimum absolute atomic E-state index is 0.552. The second-order valence-corrected chi connectivity index (χ2v) is 3.96. The summed E-state index contributed by atoms with van der Waals surface area (Å²) in [5.41, 5.74) is -1.19. The molecule has 18 heavy (non-hydrogen) atoms. The Bertz CT molecular complexity index is 504. The van der Waals surface area contributed by atoms with Gasteiger partial charge in [0.15, 0.2) is 12.0 Å². The molecule has 0 spiro atoms. The van der Waals surface area contributed by atoms with Crippen LogP contribution in [0.15, 0.2) is 17.1 Å². The quantitative estimate of drug-likeness (QED) is 0.505. The van der Waals surface area contributed by atoms with Crippen LogP contribution >= 0.6 is 0 Å². The molecule has 0 aliphatic carbocycles. The highest BCUT2D eigenvalue weighted by Gasteiger charge is 2.43. The van der Waals surface area contributed by atoms with E-state index in [2.05, 4.69) is 0 Å². The topological polar surface area (TPSA) is 112 Å². The Labute approximate surface area is 100 Å². The Morgan fingerprint density at radius 2 is 2.06 bits per heavy atom. The van der Waals surface area contributed by atoms with Crippen molar-refractivity contribution in [2.24, 2.45) is 0 Å². The maximum Gasteiger partial charge on any atom is 0.292 e. The van der Waals surface area contributed by atoms with Gasteiger partial charge < -0.3 is 25.2 Å². The van der Waals surface area contributed by atoms with Gasteiger partial charge in [-0.2, -0.15) is 4.39 Å². The summed E-state index contributed by atoms with van der Waals surface area (Å²) in [5, 5.41) is 37.1. The minimum Gasteiger partial charge on any atom is -0.505 e. The predicted octanol–water partition coefficient (Wildman–Crippen LogP) is -1.70. The summed E-state index contributed by atoms with van der Waals surface area (Å²) in [4.78, 5) is 11.5. The summed E-state index contributed by atoms with van der Waals surface area (Å²) in [5.74, 6) is -2.20. The Balaban J connectivity index is 2.39. The van der Waals surface area contributed by atoms with Crippen LogP contribution in [0.1, 0.15) is 6.23 Å². The molecule has 1 aliphatic heterocycles. The molecule has 0 saturated carbocycles. The van der Waals surface area contributed by atoms with Crippen molar-refractivity contribution in [2.75, 3.05) is 6.61 Å². The number of aromatic nitrogens is 1. The summed E-state index contributed by atoms with van der Waals surface area (Å²) in [6, 6.07) is 0.922. The van der Waals surface area contributed by atoms with E-state index in [4.69, 9.17) is 14.9 Å². The summed E-state index contributed by atoms with van der Waals surface area (Å²) in [6.07, 6.45) is -4.22. The van der Waals surface area contributed by atoms with Crippen molar-refractivity contribution in [1.82, 2.24) is 4.57 Å². The Morgan fingerprint density at radius 1 is 1.39 bits per heavy atom. The highest BCUT2D eigenvalue weighted by atomic mass is 19.1. The molecule has 0 amide bonds. The molecule has 4 atom stereocenters. The predicted molar refractivity (Wildman–Crippen MR) is 55.3 cm³/mol. The van der Waals surface area contributed by atoms with Crippen LogP contribution in [0.5, 0.6) is 5.75 Å². The zero-order valence-electron chi connectivity index (χ0n) is 9.10. The first-order chi connectivity index (χ1) is 8.47. The van der Waals surface area contributed by atoms with Gasteiger partial charge in [0.05, 0.1) is 6.61 Å². The van der Waals surface area contributed by atoms with E-state index in [1.165, 1.54) is 0 Å². The van der Waals surface area contributed by atoms with Gasteiger partial charge in [-0.25, -0.2) is 0 Å². The van der Waals surface area contributed by atoms with Crippen LogP contribution in [-0.4, -0.2) is 49.9 Å². The summed E-state index contributed by atoms with van der Waals surface area (Å²) in [7, 11) is 0. The normalized spacial score (nSPS) is 31.8. The van der Waals surface area contributed by atoms with Gasteiger partial charge in [-0.1, -0.05) is 0 Å². The van der Waals surface area contributed by atoms with Crippen LogP contribution in [-0.2, 0) is 4.74 Å². The highest BCUT2D eigenvalue weighted by molar-refractivity contribution is 5.19. The number of hydrogen-bond donors (Lipinski definition) is 4. The molecular weight excluding hydrogens is 249 g/mol. The number of nitrogens with zero attached hydrogens (tertiary/aromatic N) is 1. The third-order valence-electron chi connectivity index (χ3n) is 2.83. The number of aliphatic hydroxyl groups excluding tert-OH is 3. The lowest BCUT2D eigenvalue weighted by Crippen LogP contribution is -2.35. The molecule has 100 valence electrons. The fraction of sp³-hybridized carbons (Fsp3) is 0.500. The standard InChI is InChI=1S/C10H12FNO6/c11-6-4(14)1-2-12(9(6)17)10-8(16)7(15)5(3-13)18-10/h1-2,5,7-8,10,13-16H,3H2/t5-,7-,8-,10-/m1/s1. The van der Waals surface area contributed by atoms with Crippen LogP contribution in [0.2, 0.25) is 0 Å². The molecule has 0 aromatic carbocycles. The molecule has 2 rings (SSSR count). The van der Waals surface area contributed by atoms with Crippen LogP contribution in [0.3, 0.4) is 0 Å². The van der Waals surface area contributed by atoms with Crippen molar-refractivity contribution < 1.29 is 29.6 Å². The molecular formula is C10H12FNO6. The van der Waals surface area contributed by atoms with Crippen molar-refractivity contribution in [3.05, 3.63) is 28.4 Å². The van der Waals surface area contributed by atoms with Gasteiger partial charge in [0, 0.05) is 6.20 Å². The smallest absolute Gasteiger partial charge is 0.292 e. The second-order valence-electron chi connectivity index (χ2n) is 3.96. The molecule has 2 heterocycles. The molecule has 0 unspecified atom stereocenters. The molecule has 4 N–H and O–H groups in total. The molecule has 0 bridgehead atoms. The molecule has 7 nitrogen and oxygen atoms in total. The fourth-order valence-corrected chi connectivity index (χ4v) is 1.82. The highest BCUT2D eigenvalue weighted by Crippen LogP contribution is 2.28. The van der Waals surface area contributed by atoms with Gasteiger partial charge in [-0.15, -0.1) is 0 Å². The van der Waals surface area contributed by atoms with Gasteiger partial charge in [0.1, 0.15) is 18.3 Å². The number of rotatable bonds is 2. The average Bonchev–Trinajstić information content (AvgIpc) is 2.64. The lowest BCUT2D eigenvalue weighted by Gasteiger charge is -2.17. The average molecular weight is 261 g/mol. The largest absolute Gasteiger partial charge is 0.505 e. The number of halogens is 1. The van der Waals surface area contributed by atoms with Crippen molar-refractivity contribution >= 4 is 0 Å². The number of pyridine rings is 1. The van der Waals surface area contributed by atoms with E-state index >= 15 is 0 Å². The zero-order valence-corrected chi connectivity index (χ0v) is 9.10. The maximum absolute atomic E-state index is 13.2. The van der Waals surface area contributed by atoms with E-state index in [1.54, 1.807) is 0 Å². The van der Waals surface area contributed by atoms with E-state index in [1.807, 2.05) is 0 Å². The Kier molecular flexibility index (Phi) is 3.35. The molecule has 1 aromatic rings. The van der Waals surface area contributed by atoms with Crippen LogP contribution in [0.4, 0.5) is 4.39 Å². The minimum atomic E-state index is -1.48. The summed E-state index contributed by atoms with van der Waals surface area (Å²) in [6.45, 7) is -0.552. The summed E-state index contributed by atoms with van der Waals surface area (Å²) < 4.78 is 19.0. The van der Waals surface area contributed by atoms with Gasteiger partial charge in [0.25, 0.3) is 5.56 Å². The molecule has 1 fully saturated rings. The van der Waals surface area contributed by atoms with E-state index in [0.717, 1.165) is 12.3 Å². The van der Waals surface area contributed by atoms with Crippen molar-refractivity contribution in [2.45, 2.75) is 24.5 Å². The Morgan fingerprint density at radius 3 is 2.61 bits per heavy atom. The van der Waals surface area contributed by atoms with Crippen molar-refractivity contribution in [3.63, 3.8) is 0 Å². The van der Waals surface area contributed by atoms with E-state index in [9.17, 15) is 19.4 Å². The van der Waals surface area contributed by atoms with Crippen molar-refractivity contribution in [1.29, 1.82) is 0 Å². The molecule has 1 aromatic heterocycles.